The molecule has 26 heavy (non-hydrogen) atoms. The lowest BCUT2D eigenvalue weighted by Gasteiger charge is -2.36. The van der Waals surface area contributed by atoms with Gasteiger partial charge in [-0.15, -0.1) is 0 Å². The Morgan fingerprint density at radius 2 is 2.04 bits per heavy atom. The van der Waals surface area contributed by atoms with E-state index in [1.54, 1.807) is 18.0 Å². The van der Waals surface area contributed by atoms with Gasteiger partial charge in [0.1, 0.15) is 17.9 Å². The number of rotatable bonds is 8. The molecule has 1 aromatic heterocycles. The van der Waals surface area contributed by atoms with E-state index in [9.17, 15) is 4.79 Å². The molecular formula is C19H26N4O3. The smallest absolute Gasteiger partial charge is 0.248 e. The summed E-state index contributed by atoms with van der Waals surface area (Å²) in [4.78, 5) is 13.0. The van der Waals surface area contributed by atoms with Crippen LogP contribution in [0.3, 0.4) is 0 Å². The molecule has 7 nitrogen and oxygen atoms in total. The van der Waals surface area contributed by atoms with Gasteiger partial charge >= 0.3 is 0 Å². The molecule has 3 rings (SSSR count). The lowest BCUT2D eigenvalue weighted by molar-refractivity contribution is -0.132. The number of nitrogens with one attached hydrogen (secondary N) is 2. The number of methoxy groups -OCH3 is 1. The minimum atomic E-state index is -0.613. The highest BCUT2D eigenvalue weighted by Crippen LogP contribution is 2.27. The summed E-state index contributed by atoms with van der Waals surface area (Å²) in [5.74, 6) is 0.812. The Kier molecular flexibility index (Phi) is 6.25. The molecule has 1 aromatic carbocycles. The van der Waals surface area contributed by atoms with Gasteiger partial charge in [-0.05, 0) is 49.7 Å². The first-order chi connectivity index (χ1) is 12.7. The monoisotopic (exact) mass is 358 g/mol. The Labute approximate surface area is 153 Å². The lowest BCUT2D eigenvalue weighted by Crippen LogP contribution is -2.54. The van der Waals surface area contributed by atoms with Gasteiger partial charge in [0, 0.05) is 26.0 Å². The molecule has 0 atom stereocenters. The van der Waals surface area contributed by atoms with E-state index in [-0.39, 0.29) is 5.91 Å². The van der Waals surface area contributed by atoms with Crippen molar-refractivity contribution >= 4 is 5.91 Å². The topological polar surface area (TPSA) is 77.4 Å². The molecule has 0 aliphatic carbocycles. The van der Waals surface area contributed by atoms with Crippen molar-refractivity contribution < 1.29 is 14.3 Å². The van der Waals surface area contributed by atoms with Crippen molar-refractivity contribution in [2.75, 3.05) is 33.4 Å². The number of nitrogens with zero attached hydrogens (tertiary/aromatic N) is 2. The summed E-state index contributed by atoms with van der Waals surface area (Å²) in [5, 5.41) is 10.7. The van der Waals surface area contributed by atoms with Crippen LogP contribution in [0.25, 0.3) is 0 Å². The van der Waals surface area contributed by atoms with Gasteiger partial charge in [-0.2, -0.15) is 5.10 Å². The van der Waals surface area contributed by atoms with Crippen LogP contribution in [0.5, 0.6) is 5.75 Å². The van der Waals surface area contributed by atoms with E-state index in [4.69, 9.17) is 9.47 Å². The molecule has 1 saturated heterocycles. The van der Waals surface area contributed by atoms with E-state index in [0.29, 0.717) is 19.8 Å². The molecule has 0 spiro atoms. The van der Waals surface area contributed by atoms with Crippen molar-refractivity contribution in [1.82, 2.24) is 20.4 Å². The van der Waals surface area contributed by atoms with Crippen molar-refractivity contribution in [1.29, 1.82) is 0 Å². The third-order valence-corrected chi connectivity index (χ3v) is 4.73. The van der Waals surface area contributed by atoms with Gasteiger partial charge in [-0.25, -0.2) is 0 Å². The van der Waals surface area contributed by atoms with Crippen LogP contribution in [0.2, 0.25) is 0 Å². The Hall–Kier alpha value is -2.38. The van der Waals surface area contributed by atoms with Crippen molar-refractivity contribution in [3.8, 4) is 5.75 Å². The summed E-state index contributed by atoms with van der Waals surface area (Å²) in [7, 11) is 1.65. The molecule has 0 saturated carbocycles. The average Bonchev–Trinajstić information content (AvgIpc) is 3.23. The molecule has 0 radical (unpaired) electrons. The molecule has 0 bridgehead atoms. The summed E-state index contributed by atoms with van der Waals surface area (Å²) < 4.78 is 12.3. The number of hydrogen-bond donors (Lipinski definition) is 2. The predicted octanol–water partition coefficient (Wildman–Crippen LogP) is 1.30. The first-order valence-electron chi connectivity index (χ1n) is 8.94. The van der Waals surface area contributed by atoms with Crippen LogP contribution in [0, 0.1) is 0 Å². The summed E-state index contributed by atoms with van der Waals surface area (Å²) in [5.41, 5.74) is 0.416. The molecule has 1 fully saturated rings. The number of aromatic nitrogens is 2. The third kappa shape index (κ3) is 4.23. The molecule has 7 heteroatoms. The maximum atomic E-state index is 13.0. The van der Waals surface area contributed by atoms with Crippen LogP contribution in [0.1, 0.15) is 18.4 Å². The molecule has 2 N–H and O–H groups in total. The summed E-state index contributed by atoms with van der Waals surface area (Å²) in [6.45, 7) is 3.17. The first kappa shape index (κ1) is 18.4. The number of carbonyl (C=O) groups is 1. The van der Waals surface area contributed by atoms with Crippen molar-refractivity contribution in [2.45, 2.75) is 24.9 Å². The zero-order valence-corrected chi connectivity index (χ0v) is 15.1. The fraction of sp³-hybridized carbons (Fsp3) is 0.474. The number of carbonyl (C=O) groups excluding carboxylic acids is 1. The molecule has 1 amide bonds. The summed E-state index contributed by atoms with van der Waals surface area (Å²) in [6.07, 6.45) is 5.05. The number of benzene rings is 1. The molecule has 140 valence electrons. The van der Waals surface area contributed by atoms with Gasteiger partial charge in [0.15, 0.2) is 0 Å². The number of ether oxygens (including phenoxy) is 2. The van der Waals surface area contributed by atoms with E-state index in [2.05, 4.69) is 15.7 Å². The first-order valence-corrected chi connectivity index (χ1v) is 8.94. The third-order valence-electron chi connectivity index (χ3n) is 4.73. The Bertz CT molecular complexity index is 679. The van der Waals surface area contributed by atoms with Crippen molar-refractivity contribution in [3.05, 3.63) is 48.3 Å². The van der Waals surface area contributed by atoms with E-state index in [0.717, 1.165) is 37.2 Å². The lowest BCUT2D eigenvalue weighted by atomic mass is 9.87. The fourth-order valence-electron chi connectivity index (χ4n) is 3.22. The van der Waals surface area contributed by atoms with Gasteiger partial charge < -0.3 is 20.1 Å². The second-order valence-electron chi connectivity index (χ2n) is 6.40. The maximum absolute atomic E-state index is 13.0. The zero-order valence-electron chi connectivity index (χ0n) is 15.1. The fourth-order valence-corrected chi connectivity index (χ4v) is 3.22. The van der Waals surface area contributed by atoms with Gasteiger partial charge in [-0.3, -0.25) is 9.48 Å². The van der Waals surface area contributed by atoms with Crippen molar-refractivity contribution in [2.24, 2.45) is 0 Å². The SMILES string of the molecule is COCCOc1ccc(CNC(=O)C2(n3cccn3)CCNCC2)cc1. The summed E-state index contributed by atoms with van der Waals surface area (Å²) >= 11 is 0. The highest BCUT2D eigenvalue weighted by molar-refractivity contribution is 5.84. The van der Waals surface area contributed by atoms with E-state index >= 15 is 0 Å². The molecule has 1 aliphatic heterocycles. The van der Waals surface area contributed by atoms with Crippen LogP contribution < -0.4 is 15.4 Å². The van der Waals surface area contributed by atoms with E-state index < -0.39 is 5.54 Å². The summed E-state index contributed by atoms with van der Waals surface area (Å²) in [6, 6.07) is 9.60. The second kappa shape index (κ2) is 8.82. The van der Waals surface area contributed by atoms with Crippen LogP contribution in [-0.4, -0.2) is 49.1 Å². The highest BCUT2D eigenvalue weighted by Gasteiger charge is 2.41. The number of piperidine rings is 1. The Morgan fingerprint density at radius 1 is 1.27 bits per heavy atom. The number of hydrogen-bond acceptors (Lipinski definition) is 5. The standard InChI is InChI=1S/C19H26N4O3/c1-25-13-14-26-17-5-3-16(4-6-17)15-21-18(24)19(7-10-20-11-8-19)23-12-2-9-22-23/h2-6,9,12,20H,7-8,10-11,13-15H2,1H3,(H,21,24). The van der Waals surface area contributed by atoms with Crippen LogP contribution in [0.15, 0.2) is 42.7 Å². The normalized spacial score (nSPS) is 16.2. The zero-order chi connectivity index (χ0) is 18.2. The molecule has 1 aliphatic rings. The van der Waals surface area contributed by atoms with Gasteiger partial charge in [-0.1, -0.05) is 12.1 Å². The Morgan fingerprint density at radius 3 is 2.69 bits per heavy atom. The minimum absolute atomic E-state index is 0.0168. The van der Waals surface area contributed by atoms with Gasteiger partial charge in [0.05, 0.1) is 6.61 Å². The maximum Gasteiger partial charge on any atom is 0.248 e. The van der Waals surface area contributed by atoms with E-state index in [1.807, 2.05) is 36.5 Å². The quantitative estimate of drug-likeness (QED) is 0.696. The molecule has 2 heterocycles. The average molecular weight is 358 g/mol. The largest absolute Gasteiger partial charge is 0.491 e. The van der Waals surface area contributed by atoms with Crippen LogP contribution >= 0.6 is 0 Å². The minimum Gasteiger partial charge on any atom is -0.491 e. The predicted molar refractivity (Wildman–Crippen MR) is 98.0 cm³/mol. The second-order valence-corrected chi connectivity index (χ2v) is 6.40. The van der Waals surface area contributed by atoms with Crippen LogP contribution in [-0.2, 0) is 21.6 Å². The Balaban J connectivity index is 1.60. The van der Waals surface area contributed by atoms with E-state index in [1.165, 1.54) is 0 Å². The molecule has 0 unspecified atom stereocenters. The number of amides is 1. The van der Waals surface area contributed by atoms with Gasteiger partial charge in [0.2, 0.25) is 5.91 Å². The molecule has 2 aromatic rings. The highest BCUT2D eigenvalue weighted by atomic mass is 16.5. The molecular weight excluding hydrogens is 332 g/mol. The van der Waals surface area contributed by atoms with Gasteiger partial charge in [0.25, 0.3) is 0 Å². The van der Waals surface area contributed by atoms with Crippen molar-refractivity contribution in [3.63, 3.8) is 0 Å². The van der Waals surface area contributed by atoms with Crippen LogP contribution in [0.4, 0.5) is 0 Å².